The summed E-state index contributed by atoms with van der Waals surface area (Å²) >= 11 is 1.30. The minimum absolute atomic E-state index is 0.0919. The third kappa shape index (κ3) is 6.73. The fourth-order valence-corrected chi connectivity index (χ4v) is 2.77. The molecule has 7 heteroatoms. The van der Waals surface area contributed by atoms with Crippen LogP contribution in [-0.2, 0) is 14.3 Å². The molecular weight excluding hydrogens is 316 g/mol. The summed E-state index contributed by atoms with van der Waals surface area (Å²) in [4.78, 5) is 35.1. The number of rotatable bonds is 9. The summed E-state index contributed by atoms with van der Waals surface area (Å²) in [5.41, 5.74) is 6.46. The van der Waals surface area contributed by atoms with Gasteiger partial charge in [-0.05, 0) is 25.0 Å². The van der Waals surface area contributed by atoms with Crippen LogP contribution in [0.1, 0.15) is 42.1 Å². The van der Waals surface area contributed by atoms with Crippen molar-refractivity contribution in [3.05, 3.63) is 29.3 Å². The van der Waals surface area contributed by atoms with Crippen molar-refractivity contribution in [2.24, 2.45) is 5.73 Å². The topological polar surface area (TPSA) is 98.5 Å². The molecule has 0 unspecified atom stereocenters. The van der Waals surface area contributed by atoms with Crippen LogP contribution in [-0.4, -0.2) is 30.3 Å². The standard InChI is InChI=1S/C16H22N2O4S/c1-3-5-14(20)22-10-23-15-11(2)6-4-7-12(15)16(21)18-9-8-13(17)19/h4,6-7H,3,5,8-10H2,1-2H3,(H2,17,19)(H,18,21). The Hall–Kier alpha value is -2.02. The predicted octanol–water partition coefficient (Wildman–Crippen LogP) is 1.99. The molecule has 0 fully saturated rings. The van der Waals surface area contributed by atoms with Gasteiger partial charge in [0.15, 0.2) is 0 Å². The highest BCUT2D eigenvalue weighted by molar-refractivity contribution is 7.99. The van der Waals surface area contributed by atoms with Crippen molar-refractivity contribution in [1.29, 1.82) is 0 Å². The lowest BCUT2D eigenvalue weighted by atomic mass is 10.1. The largest absolute Gasteiger partial charge is 0.454 e. The van der Waals surface area contributed by atoms with Gasteiger partial charge >= 0.3 is 5.97 Å². The SMILES string of the molecule is CCCC(=O)OCSc1c(C)cccc1C(=O)NCCC(N)=O. The van der Waals surface area contributed by atoms with Crippen LogP contribution in [0.3, 0.4) is 0 Å². The average molecular weight is 338 g/mol. The summed E-state index contributed by atoms with van der Waals surface area (Å²) in [6.07, 6.45) is 1.21. The van der Waals surface area contributed by atoms with E-state index in [0.717, 1.165) is 16.9 Å². The Morgan fingerprint density at radius 3 is 2.65 bits per heavy atom. The maximum absolute atomic E-state index is 12.2. The molecule has 6 nitrogen and oxygen atoms in total. The van der Waals surface area contributed by atoms with Gasteiger partial charge in [0.2, 0.25) is 5.91 Å². The van der Waals surface area contributed by atoms with Crippen LogP contribution >= 0.6 is 11.8 Å². The molecule has 0 aliphatic heterocycles. The number of thioether (sulfide) groups is 1. The molecule has 2 amide bonds. The van der Waals surface area contributed by atoms with Gasteiger partial charge < -0.3 is 15.8 Å². The Morgan fingerprint density at radius 2 is 2.00 bits per heavy atom. The first-order chi connectivity index (χ1) is 11.0. The fraction of sp³-hybridized carbons (Fsp3) is 0.438. The highest BCUT2D eigenvalue weighted by Crippen LogP contribution is 2.27. The van der Waals surface area contributed by atoms with Gasteiger partial charge in [-0.2, -0.15) is 0 Å². The van der Waals surface area contributed by atoms with Gasteiger partial charge in [0.25, 0.3) is 5.91 Å². The number of carbonyl (C=O) groups is 3. The number of carbonyl (C=O) groups excluding carboxylic acids is 3. The normalized spacial score (nSPS) is 10.2. The van der Waals surface area contributed by atoms with E-state index in [0.29, 0.717) is 12.0 Å². The van der Waals surface area contributed by atoms with Crippen molar-refractivity contribution < 1.29 is 19.1 Å². The lowest BCUT2D eigenvalue weighted by molar-refractivity contribution is -0.141. The molecule has 1 aromatic rings. The van der Waals surface area contributed by atoms with Crippen molar-refractivity contribution in [3.63, 3.8) is 0 Å². The van der Waals surface area contributed by atoms with E-state index >= 15 is 0 Å². The molecule has 126 valence electrons. The van der Waals surface area contributed by atoms with E-state index in [2.05, 4.69) is 5.32 Å². The fourth-order valence-electron chi connectivity index (χ4n) is 1.85. The summed E-state index contributed by atoms with van der Waals surface area (Å²) in [6.45, 7) is 3.98. The van der Waals surface area contributed by atoms with Gasteiger partial charge in [-0.25, -0.2) is 0 Å². The third-order valence-corrected chi connectivity index (χ3v) is 4.06. The number of ether oxygens (including phenoxy) is 1. The molecule has 1 rings (SSSR count). The van der Waals surface area contributed by atoms with Crippen LogP contribution in [0.2, 0.25) is 0 Å². The first-order valence-electron chi connectivity index (χ1n) is 7.40. The molecule has 0 atom stereocenters. The zero-order chi connectivity index (χ0) is 17.2. The Bertz CT molecular complexity index is 575. The van der Waals surface area contributed by atoms with E-state index in [9.17, 15) is 14.4 Å². The first kappa shape index (κ1) is 19.0. The molecule has 0 heterocycles. The molecule has 0 aliphatic rings. The molecule has 0 radical (unpaired) electrons. The Balaban J connectivity index is 2.69. The van der Waals surface area contributed by atoms with Crippen LogP contribution in [0.25, 0.3) is 0 Å². The van der Waals surface area contributed by atoms with E-state index in [1.165, 1.54) is 11.8 Å². The number of hydrogen-bond donors (Lipinski definition) is 2. The molecule has 3 N–H and O–H groups in total. The molecule has 0 aromatic heterocycles. The Morgan fingerprint density at radius 1 is 1.26 bits per heavy atom. The molecule has 23 heavy (non-hydrogen) atoms. The monoisotopic (exact) mass is 338 g/mol. The van der Waals surface area contributed by atoms with Gasteiger partial charge in [0.1, 0.15) is 5.94 Å². The smallest absolute Gasteiger partial charge is 0.306 e. The molecule has 0 bridgehead atoms. The highest BCUT2D eigenvalue weighted by Gasteiger charge is 2.14. The van der Waals surface area contributed by atoms with Crippen molar-refractivity contribution in [3.8, 4) is 0 Å². The van der Waals surface area contributed by atoms with Gasteiger partial charge in [-0.3, -0.25) is 14.4 Å². The van der Waals surface area contributed by atoms with E-state index < -0.39 is 5.91 Å². The number of esters is 1. The molecule has 0 saturated heterocycles. The second-order valence-corrected chi connectivity index (χ2v) is 5.88. The van der Waals surface area contributed by atoms with Crippen molar-refractivity contribution >= 4 is 29.5 Å². The van der Waals surface area contributed by atoms with Gasteiger partial charge in [-0.15, -0.1) is 0 Å². The van der Waals surface area contributed by atoms with Gasteiger partial charge in [-0.1, -0.05) is 30.8 Å². The zero-order valence-electron chi connectivity index (χ0n) is 13.4. The Kier molecular flexibility index (Phi) is 8.18. The van der Waals surface area contributed by atoms with Gasteiger partial charge in [0.05, 0.1) is 5.56 Å². The van der Waals surface area contributed by atoms with E-state index in [4.69, 9.17) is 10.5 Å². The second-order valence-electron chi connectivity index (χ2n) is 4.95. The number of nitrogens with one attached hydrogen (secondary N) is 1. The van der Waals surface area contributed by atoms with Crippen molar-refractivity contribution in [2.45, 2.75) is 38.0 Å². The number of amides is 2. The molecule has 0 spiro atoms. The predicted molar refractivity (Wildman–Crippen MR) is 89.0 cm³/mol. The average Bonchev–Trinajstić information content (AvgIpc) is 2.48. The second kappa shape index (κ2) is 9.89. The maximum atomic E-state index is 12.2. The maximum Gasteiger partial charge on any atom is 0.306 e. The zero-order valence-corrected chi connectivity index (χ0v) is 14.2. The number of primary amides is 1. The molecule has 1 aromatic carbocycles. The third-order valence-electron chi connectivity index (χ3n) is 2.99. The summed E-state index contributed by atoms with van der Waals surface area (Å²) in [5, 5.41) is 2.66. The van der Waals surface area contributed by atoms with Crippen LogP contribution in [0.4, 0.5) is 0 Å². The first-order valence-corrected chi connectivity index (χ1v) is 8.38. The number of benzene rings is 1. The number of aryl methyl sites for hydroxylation is 1. The summed E-state index contributed by atoms with van der Waals surface area (Å²) in [7, 11) is 0. The van der Waals surface area contributed by atoms with Crippen LogP contribution in [0, 0.1) is 6.92 Å². The van der Waals surface area contributed by atoms with Crippen LogP contribution in [0.15, 0.2) is 23.1 Å². The van der Waals surface area contributed by atoms with Crippen molar-refractivity contribution in [1.82, 2.24) is 5.32 Å². The van der Waals surface area contributed by atoms with Gasteiger partial charge in [0, 0.05) is 24.3 Å². The van der Waals surface area contributed by atoms with Crippen LogP contribution in [0.5, 0.6) is 0 Å². The molecule has 0 saturated carbocycles. The lowest BCUT2D eigenvalue weighted by Crippen LogP contribution is -2.28. The minimum Gasteiger partial charge on any atom is -0.454 e. The quantitative estimate of drug-likeness (QED) is 0.408. The summed E-state index contributed by atoms with van der Waals surface area (Å²) in [6, 6.07) is 5.37. The summed E-state index contributed by atoms with van der Waals surface area (Å²) < 4.78 is 5.12. The van der Waals surface area contributed by atoms with Crippen LogP contribution < -0.4 is 11.1 Å². The Labute approximate surface area is 140 Å². The van der Waals surface area contributed by atoms with E-state index in [-0.39, 0.29) is 30.8 Å². The molecular formula is C16H22N2O4S. The number of nitrogens with two attached hydrogens (primary N) is 1. The van der Waals surface area contributed by atoms with E-state index in [1.54, 1.807) is 12.1 Å². The van der Waals surface area contributed by atoms with E-state index in [1.807, 2.05) is 19.9 Å². The highest BCUT2D eigenvalue weighted by atomic mass is 32.2. The lowest BCUT2D eigenvalue weighted by Gasteiger charge is -2.12. The number of hydrogen-bond acceptors (Lipinski definition) is 5. The van der Waals surface area contributed by atoms with Crippen molar-refractivity contribution in [2.75, 3.05) is 12.5 Å². The minimum atomic E-state index is -0.466. The molecule has 0 aliphatic carbocycles. The summed E-state index contributed by atoms with van der Waals surface area (Å²) in [5.74, 6) is -0.837.